The standard InChI is InChI=1S/C11H23F3N2/c1-5-7-16(9-11(12,13)14)8-6-15-10(2,3)4/h15H,5-9H2,1-4H3. The highest BCUT2D eigenvalue weighted by atomic mass is 19.4. The fourth-order valence-electron chi connectivity index (χ4n) is 1.43. The molecule has 0 aromatic carbocycles. The van der Waals surface area contributed by atoms with Gasteiger partial charge in [-0.15, -0.1) is 0 Å². The molecule has 0 aliphatic rings. The lowest BCUT2D eigenvalue weighted by molar-refractivity contribution is -0.145. The highest BCUT2D eigenvalue weighted by Gasteiger charge is 2.30. The third-order valence-electron chi connectivity index (χ3n) is 2.03. The summed E-state index contributed by atoms with van der Waals surface area (Å²) in [5, 5.41) is 3.19. The lowest BCUT2D eigenvalue weighted by Gasteiger charge is -2.26. The van der Waals surface area contributed by atoms with Gasteiger partial charge in [0.05, 0.1) is 6.54 Å². The maximum atomic E-state index is 12.2. The Morgan fingerprint density at radius 3 is 2.00 bits per heavy atom. The van der Waals surface area contributed by atoms with E-state index in [1.54, 1.807) is 0 Å². The molecule has 0 heterocycles. The average Bonchev–Trinajstić information content (AvgIpc) is 1.98. The van der Waals surface area contributed by atoms with Crippen LogP contribution in [0.15, 0.2) is 0 Å². The van der Waals surface area contributed by atoms with E-state index in [1.165, 1.54) is 4.90 Å². The first-order valence-corrected chi connectivity index (χ1v) is 5.68. The minimum absolute atomic E-state index is 0.0455. The second kappa shape index (κ2) is 6.45. The molecular weight excluding hydrogens is 217 g/mol. The van der Waals surface area contributed by atoms with E-state index in [0.29, 0.717) is 19.6 Å². The Kier molecular flexibility index (Phi) is 6.33. The van der Waals surface area contributed by atoms with Gasteiger partial charge in [0.1, 0.15) is 0 Å². The van der Waals surface area contributed by atoms with Crippen molar-refractivity contribution < 1.29 is 13.2 Å². The largest absolute Gasteiger partial charge is 0.401 e. The number of hydrogen-bond acceptors (Lipinski definition) is 2. The molecule has 98 valence electrons. The van der Waals surface area contributed by atoms with E-state index >= 15 is 0 Å². The SMILES string of the molecule is CCCN(CCNC(C)(C)C)CC(F)(F)F. The summed E-state index contributed by atoms with van der Waals surface area (Å²) in [7, 11) is 0. The van der Waals surface area contributed by atoms with Crippen molar-refractivity contribution in [2.45, 2.75) is 45.8 Å². The number of alkyl halides is 3. The quantitative estimate of drug-likeness (QED) is 0.768. The maximum Gasteiger partial charge on any atom is 0.401 e. The van der Waals surface area contributed by atoms with Gasteiger partial charge in [0, 0.05) is 18.6 Å². The van der Waals surface area contributed by atoms with Gasteiger partial charge < -0.3 is 5.32 Å². The number of rotatable bonds is 6. The summed E-state index contributed by atoms with van der Waals surface area (Å²) in [6.07, 6.45) is -3.36. The summed E-state index contributed by atoms with van der Waals surface area (Å²) in [5.74, 6) is 0. The van der Waals surface area contributed by atoms with E-state index in [9.17, 15) is 13.2 Å². The van der Waals surface area contributed by atoms with Crippen LogP contribution in [0, 0.1) is 0 Å². The molecule has 2 nitrogen and oxygen atoms in total. The molecule has 0 atom stereocenters. The Labute approximate surface area is 96.2 Å². The average molecular weight is 240 g/mol. The second-order valence-electron chi connectivity index (χ2n) is 5.07. The maximum absolute atomic E-state index is 12.2. The number of hydrogen-bond donors (Lipinski definition) is 1. The second-order valence-corrected chi connectivity index (χ2v) is 5.07. The first-order chi connectivity index (χ1) is 7.14. The van der Waals surface area contributed by atoms with E-state index in [2.05, 4.69) is 5.32 Å². The summed E-state index contributed by atoms with van der Waals surface area (Å²) in [4.78, 5) is 1.44. The molecule has 1 N–H and O–H groups in total. The van der Waals surface area contributed by atoms with Crippen molar-refractivity contribution in [3.8, 4) is 0 Å². The molecule has 16 heavy (non-hydrogen) atoms. The number of halogens is 3. The van der Waals surface area contributed by atoms with E-state index in [-0.39, 0.29) is 5.54 Å². The summed E-state index contributed by atoms with van der Waals surface area (Å²) in [6.45, 7) is 8.59. The highest BCUT2D eigenvalue weighted by Crippen LogP contribution is 2.16. The third kappa shape index (κ3) is 10.2. The molecule has 0 aliphatic carbocycles. The van der Waals surface area contributed by atoms with Gasteiger partial charge in [0.15, 0.2) is 0 Å². The molecule has 0 amide bonds. The highest BCUT2D eigenvalue weighted by molar-refractivity contribution is 4.72. The molecule has 0 unspecified atom stereocenters. The van der Waals surface area contributed by atoms with Crippen LogP contribution in [0.4, 0.5) is 13.2 Å². The van der Waals surface area contributed by atoms with Gasteiger partial charge in [-0.05, 0) is 33.7 Å². The predicted molar refractivity (Wildman–Crippen MR) is 60.5 cm³/mol. The topological polar surface area (TPSA) is 15.3 Å². The monoisotopic (exact) mass is 240 g/mol. The molecule has 0 rings (SSSR count). The van der Waals surface area contributed by atoms with Crippen molar-refractivity contribution in [2.75, 3.05) is 26.2 Å². The molecule has 0 aliphatic heterocycles. The molecule has 0 radical (unpaired) electrons. The zero-order valence-corrected chi connectivity index (χ0v) is 10.6. The van der Waals surface area contributed by atoms with Gasteiger partial charge >= 0.3 is 6.18 Å². The lowest BCUT2D eigenvalue weighted by atomic mass is 10.1. The fourth-order valence-corrected chi connectivity index (χ4v) is 1.43. The summed E-state index contributed by atoms with van der Waals surface area (Å²) >= 11 is 0. The summed E-state index contributed by atoms with van der Waals surface area (Å²) in [6, 6.07) is 0. The van der Waals surface area contributed by atoms with Crippen LogP contribution in [0.1, 0.15) is 34.1 Å². The van der Waals surface area contributed by atoms with Crippen LogP contribution < -0.4 is 5.32 Å². The van der Waals surface area contributed by atoms with Crippen LogP contribution in [0.2, 0.25) is 0 Å². The Morgan fingerprint density at radius 1 is 1.06 bits per heavy atom. The first kappa shape index (κ1) is 15.7. The fraction of sp³-hybridized carbons (Fsp3) is 1.00. The Bertz CT molecular complexity index is 185. The van der Waals surface area contributed by atoms with Gasteiger partial charge in [0.25, 0.3) is 0 Å². The van der Waals surface area contributed by atoms with Crippen molar-refractivity contribution in [3.63, 3.8) is 0 Å². The predicted octanol–water partition coefficient (Wildman–Crippen LogP) is 2.65. The number of nitrogens with zero attached hydrogens (tertiary/aromatic N) is 1. The Balaban J connectivity index is 3.95. The van der Waals surface area contributed by atoms with E-state index in [0.717, 1.165) is 6.42 Å². The van der Waals surface area contributed by atoms with E-state index in [4.69, 9.17) is 0 Å². The van der Waals surface area contributed by atoms with Gasteiger partial charge in [-0.2, -0.15) is 13.2 Å². The van der Waals surface area contributed by atoms with Crippen molar-refractivity contribution in [2.24, 2.45) is 0 Å². The summed E-state index contributed by atoms with van der Waals surface area (Å²) < 4.78 is 36.7. The lowest BCUT2D eigenvalue weighted by Crippen LogP contribution is -2.43. The normalized spacial score (nSPS) is 13.5. The van der Waals surface area contributed by atoms with Gasteiger partial charge in [0.2, 0.25) is 0 Å². The van der Waals surface area contributed by atoms with E-state index < -0.39 is 12.7 Å². The molecular formula is C11H23F3N2. The molecule has 0 bridgehead atoms. The minimum Gasteiger partial charge on any atom is -0.311 e. The van der Waals surface area contributed by atoms with Crippen LogP contribution in [-0.2, 0) is 0 Å². The van der Waals surface area contributed by atoms with Crippen molar-refractivity contribution in [3.05, 3.63) is 0 Å². The van der Waals surface area contributed by atoms with Crippen LogP contribution in [0.25, 0.3) is 0 Å². The van der Waals surface area contributed by atoms with E-state index in [1.807, 2.05) is 27.7 Å². The van der Waals surface area contributed by atoms with Crippen molar-refractivity contribution in [1.82, 2.24) is 10.2 Å². The number of nitrogens with one attached hydrogen (secondary N) is 1. The van der Waals surface area contributed by atoms with Crippen LogP contribution in [0.5, 0.6) is 0 Å². The van der Waals surface area contributed by atoms with Crippen molar-refractivity contribution in [1.29, 1.82) is 0 Å². The smallest absolute Gasteiger partial charge is 0.311 e. The first-order valence-electron chi connectivity index (χ1n) is 5.68. The Hall–Kier alpha value is -0.290. The molecule has 0 aromatic rings. The van der Waals surface area contributed by atoms with Gasteiger partial charge in [-0.25, -0.2) is 0 Å². The summed E-state index contributed by atoms with van der Waals surface area (Å²) in [5.41, 5.74) is -0.0455. The molecule has 0 saturated heterocycles. The minimum atomic E-state index is -4.10. The van der Waals surface area contributed by atoms with Gasteiger partial charge in [-0.1, -0.05) is 6.92 Å². The Morgan fingerprint density at radius 2 is 1.62 bits per heavy atom. The zero-order chi connectivity index (χ0) is 12.8. The third-order valence-corrected chi connectivity index (χ3v) is 2.03. The van der Waals surface area contributed by atoms with Crippen LogP contribution >= 0.6 is 0 Å². The molecule has 5 heteroatoms. The molecule has 0 aromatic heterocycles. The molecule has 0 fully saturated rings. The molecule has 0 spiro atoms. The van der Waals surface area contributed by atoms with Crippen LogP contribution in [0.3, 0.4) is 0 Å². The van der Waals surface area contributed by atoms with Crippen molar-refractivity contribution >= 4 is 0 Å². The van der Waals surface area contributed by atoms with Gasteiger partial charge in [-0.3, -0.25) is 4.90 Å². The molecule has 0 saturated carbocycles. The van der Waals surface area contributed by atoms with Crippen LogP contribution in [-0.4, -0.2) is 42.8 Å². The zero-order valence-electron chi connectivity index (χ0n) is 10.6.